The molecule has 32 heavy (non-hydrogen) atoms. The number of benzene rings is 2. The van der Waals surface area contributed by atoms with E-state index in [0.29, 0.717) is 17.1 Å². The van der Waals surface area contributed by atoms with Crippen molar-refractivity contribution in [3.05, 3.63) is 93.0 Å². The summed E-state index contributed by atoms with van der Waals surface area (Å²) in [4.78, 5) is 16.8. The Bertz CT molecular complexity index is 1230. The fourth-order valence-electron chi connectivity index (χ4n) is 4.66. The first-order valence-corrected chi connectivity index (χ1v) is 11.3. The average Bonchev–Trinajstić information content (AvgIpc) is 2.76. The van der Waals surface area contributed by atoms with Gasteiger partial charge in [-0.1, -0.05) is 43.7 Å². The molecule has 2 aromatic carbocycles. The Morgan fingerprint density at radius 2 is 1.94 bits per heavy atom. The number of carboxylic acids is 1. The number of halogens is 1. The van der Waals surface area contributed by atoms with Gasteiger partial charge in [-0.25, -0.2) is 4.79 Å². The molecule has 0 saturated heterocycles. The zero-order chi connectivity index (χ0) is 23.0. The van der Waals surface area contributed by atoms with Crippen LogP contribution in [0, 0.1) is 0 Å². The molecule has 164 valence electrons. The summed E-state index contributed by atoms with van der Waals surface area (Å²) in [6.45, 7) is 10.0. The number of hydrogen-bond donors (Lipinski definition) is 2. The van der Waals surface area contributed by atoms with Crippen molar-refractivity contribution in [3.8, 4) is 0 Å². The van der Waals surface area contributed by atoms with Crippen LogP contribution in [0.2, 0.25) is 5.02 Å². The van der Waals surface area contributed by atoms with Gasteiger partial charge in [-0.3, -0.25) is 4.99 Å². The molecule has 0 radical (unpaired) electrons. The van der Waals surface area contributed by atoms with Gasteiger partial charge in [0.2, 0.25) is 0 Å². The van der Waals surface area contributed by atoms with Gasteiger partial charge in [0.05, 0.1) is 11.3 Å². The molecule has 0 aromatic heterocycles. The molecule has 0 atom stereocenters. The number of carboxylic acid groups (broad SMARTS) is 1. The van der Waals surface area contributed by atoms with Crippen molar-refractivity contribution in [3.63, 3.8) is 0 Å². The Morgan fingerprint density at radius 3 is 2.62 bits per heavy atom. The van der Waals surface area contributed by atoms with E-state index < -0.39 is 5.97 Å². The predicted octanol–water partition coefficient (Wildman–Crippen LogP) is 6.52. The average molecular weight is 447 g/mol. The molecule has 0 aliphatic heterocycles. The largest absolute Gasteiger partial charge is 0.478 e. The number of anilines is 1. The molecule has 0 spiro atoms. The fourth-order valence-corrected chi connectivity index (χ4v) is 4.93. The van der Waals surface area contributed by atoms with Gasteiger partial charge in [0, 0.05) is 34.8 Å². The topological polar surface area (TPSA) is 61.7 Å². The van der Waals surface area contributed by atoms with E-state index >= 15 is 0 Å². The van der Waals surface area contributed by atoms with Gasteiger partial charge in [-0.2, -0.15) is 0 Å². The Hall–Kier alpha value is -3.11. The second-order valence-electron chi connectivity index (χ2n) is 8.46. The van der Waals surface area contributed by atoms with E-state index in [-0.39, 0.29) is 11.0 Å². The van der Waals surface area contributed by atoms with Crippen molar-refractivity contribution in [1.29, 1.82) is 0 Å². The molecule has 2 aliphatic rings. The van der Waals surface area contributed by atoms with Crippen LogP contribution in [0.4, 0.5) is 5.69 Å². The number of aromatic carboxylic acids is 1. The summed E-state index contributed by atoms with van der Waals surface area (Å²) in [5, 5.41) is 13.8. The first-order valence-electron chi connectivity index (χ1n) is 10.9. The van der Waals surface area contributed by atoms with E-state index in [2.05, 4.69) is 55.4 Å². The first kappa shape index (κ1) is 22.1. The van der Waals surface area contributed by atoms with E-state index in [4.69, 9.17) is 11.6 Å². The van der Waals surface area contributed by atoms with Crippen LogP contribution in [0.5, 0.6) is 0 Å². The highest BCUT2D eigenvalue weighted by molar-refractivity contribution is 6.33. The van der Waals surface area contributed by atoms with Crippen LogP contribution >= 0.6 is 11.6 Å². The predicted molar refractivity (Wildman–Crippen MR) is 133 cm³/mol. The monoisotopic (exact) mass is 446 g/mol. The third kappa shape index (κ3) is 3.59. The summed E-state index contributed by atoms with van der Waals surface area (Å²) in [5.74, 6) is -0.996. The maximum Gasteiger partial charge on any atom is 0.336 e. The standard InChI is InChI=1S/C27H27ClN2O2/c1-5-29-16-10-12-18-21(14-16)27(3,4)22-15-17(30-6-2)11-13-19(22)24(18)25-20(26(31)32)8-7-9-23(25)28/h7-15,29H,5-6H2,1-4H3,(H,31,32). The quantitative estimate of drug-likeness (QED) is 0.549. The van der Waals surface area contributed by atoms with Crippen LogP contribution in [0.3, 0.4) is 0 Å². The molecule has 2 aromatic rings. The highest BCUT2D eigenvalue weighted by Crippen LogP contribution is 2.51. The molecule has 0 heterocycles. The van der Waals surface area contributed by atoms with Gasteiger partial charge >= 0.3 is 5.97 Å². The molecule has 2 aliphatic carbocycles. The van der Waals surface area contributed by atoms with Crippen molar-refractivity contribution in [1.82, 2.24) is 0 Å². The van der Waals surface area contributed by atoms with E-state index in [9.17, 15) is 9.90 Å². The van der Waals surface area contributed by atoms with Crippen LogP contribution in [0.25, 0.3) is 5.57 Å². The lowest BCUT2D eigenvalue weighted by molar-refractivity contribution is 0.0696. The SMILES string of the molecule is CCN=C1C=CC2=C(c3c(Cl)cccc3C(=O)O)c3ccc(NCC)cc3C(C)(C)C2=C1. The molecule has 4 nitrogen and oxygen atoms in total. The zero-order valence-electron chi connectivity index (χ0n) is 18.8. The van der Waals surface area contributed by atoms with Crippen LogP contribution in [0.15, 0.2) is 70.8 Å². The number of fused-ring (bicyclic) bond motifs is 2. The second kappa shape index (κ2) is 8.44. The summed E-state index contributed by atoms with van der Waals surface area (Å²) in [6.07, 6.45) is 6.17. The van der Waals surface area contributed by atoms with Gasteiger partial charge in [-0.15, -0.1) is 0 Å². The number of nitrogens with one attached hydrogen (secondary N) is 1. The molecule has 0 fully saturated rings. The number of aliphatic imine (C=N–C) groups is 1. The Labute approximate surface area is 194 Å². The summed E-state index contributed by atoms with van der Waals surface area (Å²) < 4.78 is 0. The van der Waals surface area contributed by atoms with E-state index in [1.54, 1.807) is 18.2 Å². The molecular weight excluding hydrogens is 420 g/mol. The molecule has 0 bridgehead atoms. The molecule has 0 unspecified atom stereocenters. The van der Waals surface area contributed by atoms with Gasteiger partial charge < -0.3 is 10.4 Å². The van der Waals surface area contributed by atoms with Gasteiger partial charge in [0.1, 0.15) is 0 Å². The lowest BCUT2D eigenvalue weighted by Crippen LogP contribution is -2.30. The third-order valence-corrected chi connectivity index (χ3v) is 6.44. The first-order chi connectivity index (χ1) is 15.3. The third-order valence-electron chi connectivity index (χ3n) is 6.12. The van der Waals surface area contributed by atoms with Crippen LogP contribution in [-0.2, 0) is 5.41 Å². The lowest BCUT2D eigenvalue weighted by Gasteiger charge is -2.40. The number of allylic oxidation sites excluding steroid dienone is 5. The minimum absolute atomic E-state index is 0.196. The summed E-state index contributed by atoms with van der Waals surface area (Å²) in [7, 11) is 0. The van der Waals surface area contributed by atoms with Crippen LogP contribution < -0.4 is 5.32 Å². The molecule has 0 amide bonds. The Balaban J connectivity index is 2.12. The van der Waals surface area contributed by atoms with Gasteiger partial charge in [0.25, 0.3) is 0 Å². The molecule has 4 rings (SSSR count). The maximum atomic E-state index is 12.1. The normalized spacial score (nSPS) is 17.7. The number of rotatable bonds is 5. The molecule has 2 N–H and O–H groups in total. The van der Waals surface area contributed by atoms with Crippen molar-refractivity contribution in [2.75, 3.05) is 18.4 Å². The van der Waals surface area contributed by atoms with Gasteiger partial charge in [-0.05, 0) is 78.1 Å². The van der Waals surface area contributed by atoms with Crippen molar-refractivity contribution < 1.29 is 9.90 Å². The minimum Gasteiger partial charge on any atom is -0.478 e. The number of nitrogens with zero attached hydrogens (tertiary/aromatic N) is 1. The van der Waals surface area contributed by atoms with E-state index in [1.807, 2.05) is 19.1 Å². The summed E-state index contributed by atoms with van der Waals surface area (Å²) >= 11 is 6.66. The Morgan fingerprint density at radius 1 is 1.16 bits per heavy atom. The van der Waals surface area contributed by atoms with Gasteiger partial charge in [0.15, 0.2) is 0 Å². The zero-order valence-corrected chi connectivity index (χ0v) is 19.5. The minimum atomic E-state index is -0.996. The molecule has 5 heteroatoms. The van der Waals surface area contributed by atoms with Crippen molar-refractivity contribution in [2.24, 2.45) is 4.99 Å². The Kier molecular flexibility index (Phi) is 5.83. The van der Waals surface area contributed by atoms with Crippen LogP contribution in [0.1, 0.15) is 54.7 Å². The fraction of sp³-hybridized carbons (Fsp3) is 0.259. The summed E-state index contributed by atoms with van der Waals surface area (Å²) in [5.41, 5.74) is 7.48. The highest BCUT2D eigenvalue weighted by Gasteiger charge is 2.39. The maximum absolute atomic E-state index is 12.1. The van der Waals surface area contributed by atoms with Crippen molar-refractivity contribution >= 4 is 34.5 Å². The number of hydrogen-bond acceptors (Lipinski definition) is 3. The van der Waals surface area contributed by atoms with E-state index in [1.165, 1.54) is 0 Å². The lowest BCUT2D eigenvalue weighted by atomic mass is 9.64. The second-order valence-corrected chi connectivity index (χ2v) is 8.87. The number of carbonyl (C=O) groups is 1. The van der Waals surface area contributed by atoms with Crippen molar-refractivity contribution in [2.45, 2.75) is 33.1 Å². The smallest absolute Gasteiger partial charge is 0.336 e. The highest BCUT2D eigenvalue weighted by atomic mass is 35.5. The van der Waals surface area contributed by atoms with Crippen LogP contribution in [-0.4, -0.2) is 29.9 Å². The van der Waals surface area contributed by atoms with E-state index in [0.717, 1.165) is 45.8 Å². The molecular formula is C27H27ClN2O2. The molecule has 0 saturated carbocycles. The summed E-state index contributed by atoms with van der Waals surface area (Å²) in [6, 6.07) is 11.3.